The lowest BCUT2D eigenvalue weighted by Gasteiger charge is -2.11. The van der Waals surface area contributed by atoms with Crippen LogP contribution >= 0.6 is 0 Å². The molecule has 0 saturated carbocycles. The van der Waals surface area contributed by atoms with Gasteiger partial charge >= 0.3 is 5.97 Å². The van der Waals surface area contributed by atoms with Crippen LogP contribution in [0.4, 0.5) is 0 Å². The van der Waals surface area contributed by atoms with Crippen molar-refractivity contribution < 1.29 is 19.2 Å². The molecule has 1 rings (SSSR count). The number of imide groups is 1. The Bertz CT molecular complexity index is 234. The first-order chi connectivity index (χ1) is 7.15. The maximum absolute atomic E-state index is 11.0. The molecule has 1 saturated heterocycles. The van der Waals surface area contributed by atoms with Crippen LogP contribution in [0, 0.1) is 0 Å². The summed E-state index contributed by atoms with van der Waals surface area (Å²) in [6.07, 6.45) is 1.13. The molecule has 2 amide bonds. The van der Waals surface area contributed by atoms with E-state index < -0.39 is 17.8 Å². The standard InChI is InChI=1S/C8H11NO4.C2H6/c1-2-3-8(12)13-9-6(10)4-5-7(9)11;1-2/h2-5H2,1H3;1-2H3. The maximum atomic E-state index is 11.0. The molecule has 0 aliphatic carbocycles. The molecule has 0 radical (unpaired) electrons. The zero-order valence-corrected chi connectivity index (χ0v) is 9.41. The summed E-state index contributed by atoms with van der Waals surface area (Å²) in [7, 11) is 0. The van der Waals surface area contributed by atoms with Gasteiger partial charge in [-0.1, -0.05) is 20.8 Å². The second-order valence-corrected chi connectivity index (χ2v) is 2.80. The van der Waals surface area contributed by atoms with E-state index in [0.29, 0.717) is 11.5 Å². The summed E-state index contributed by atoms with van der Waals surface area (Å²) in [6.45, 7) is 5.81. The van der Waals surface area contributed by atoms with Crippen LogP contribution in [0.25, 0.3) is 0 Å². The summed E-state index contributed by atoms with van der Waals surface area (Å²) in [5.41, 5.74) is 0. The minimum Gasteiger partial charge on any atom is -0.330 e. The minimum absolute atomic E-state index is 0.137. The summed E-state index contributed by atoms with van der Waals surface area (Å²) in [6, 6.07) is 0. The average molecular weight is 215 g/mol. The van der Waals surface area contributed by atoms with E-state index in [1.807, 2.05) is 20.8 Å². The van der Waals surface area contributed by atoms with E-state index in [1.54, 1.807) is 0 Å². The fourth-order valence-electron chi connectivity index (χ4n) is 1.01. The fraction of sp³-hybridized carbons (Fsp3) is 0.700. The van der Waals surface area contributed by atoms with Crippen molar-refractivity contribution in [3.05, 3.63) is 0 Å². The van der Waals surface area contributed by atoms with E-state index in [9.17, 15) is 14.4 Å². The summed E-state index contributed by atoms with van der Waals surface area (Å²) in [5, 5.41) is 0.567. The van der Waals surface area contributed by atoms with E-state index in [-0.39, 0.29) is 19.3 Å². The molecular weight excluding hydrogens is 198 g/mol. The zero-order chi connectivity index (χ0) is 11.8. The Balaban J connectivity index is 0.000000921. The lowest BCUT2D eigenvalue weighted by atomic mass is 10.3. The Kier molecular flexibility index (Phi) is 6.33. The third-order valence-electron chi connectivity index (χ3n) is 1.65. The van der Waals surface area contributed by atoms with Gasteiger partial charge in [0.1, 0.15) is 0 Å². The Morgan fingerprint density at radius 2 is 1.73 bits per heavy atom. The highest BCUT2D eigenvalue weighted by atomic mass is 16.7. The summed E-state index contributed by atoms with van der Waals surface area (Å²) >= 11 is 0. The van der Waals surface area contributed by atoms with E-state index in [0.717, 1.165) is 0 Å². The number of carbonyl (C=O) groups excluding carboxylic acids is 3. The van der Waals surface area contributed by atoms with Gasteiger partial charge < -0.3 is 4.84 Å². The molecule has 0 spiro atoms. The molecule has 0 N–H and O–H groups in total. The maximum Gasteiger partial charge on any atom is 0.333 e. The topological polar surface area (TPSA) is 63.7 Å². The van der Waals surface area contributed by atoms with Crippen LogP contribution in [0.3, 0.4) is 0 Å². The molecule has 0 bridgehead atoms. The van der Waals surface area contributed by atoms with Crippen molar-refractivity contribution in [2.75, 3.05) is 0 Å². The van der Waals surface area contributed by atoms with Gasteiger partial charge in [-0.2, -0.15) is 0 Å². The molecule has 0 aromatic heterocycles. The number of hydroxylamine groups is 2. The quantitative estimate of drug-likeness (QED) is 0.668. The van der Waals surface area contributed by atoms with E-state index in [4.69, 9.17) is 0 Å². The average Bonchev–Trinajstić information content (AvgIpc) is 2.53. The van der Waals surface area contributed by atoms with Gasteiger partial charge in [0.25, 0.3) is 11.8 Å². The van der Waals surface area contributed by atoms with Crippen LogP contribution in [0.1, 0.15) is 46.5 Å². The van der Waals surface area contributed by atoms with E-state index in [2.05, 4.69) is 4.84 Å². The zero-order valence-electron chi connectivity index (χ0n) is 9.41. The second kappa shape index (κ2) is 6.98. The number of carbonyl (C=O) groups is 3. The SMILES string of the molecule is CC.CCCC(=O)ON1C(=O)CCC1=O. The van der Waals surface area contributed by atoms with Crippen molar-refractivity contribution in [2.24, 2.45) is 0 Å². The van der Waals surface area contributed by atoms with E-state index in [1.165, 1.54) is 0 Å². The lowest BCUT2D eigenvalue weighted by molar-refractivity contribution is -0.197. The molecule has 0 atom stereocenters. The predicted octanol–water partition coefficient (Wildman–Crippen LogP) is 1.42. The molecule has 0 aromatic rings. The Hall–Kier alpha value is -1.39. The van der Waals surface area contributed by atoms with Crippen molar-refractivity contribution in [1.29, 1.82) is 0 Å². The fourth-order valence-corrected chi connectivity index (χ4v) is 1.01. The number of nitrogens with zero attached hydrogens (tertiary/aromatic N) is 1. The van der Waals surface area contributed by atoms with Gasteiger partial charge in [0.05, 0.1) is 0 Å². The molecule has 1 aliphatic heterocycles. The van der Waals surface area contributed by atoms with E-state index >= 15 is 0 Å². The lowest BCUT2D eigenvalue weighted by Crippen LogP contribution is -2.31. The first kappa shape index (κ1) is 13.6. The third kappa shape index (κ3) is 4.10. The molecular formula is C10H17NO4. The third-order valence-corrected chi connectivity index (χ3v) is 1.65. The minimum atomic E-state index is -0.536. The number of amides is 2. The van der Waals surface area contributed by atoms with Crippen molar-refractivity contribution >= 4 is 17.8 Å². The Morgan fingerprint density at radius 1 is 1.27 bits per heavy atom. The van der Waals surface area contributed by atoms with Crippen LogP contribution < -0.4 is 0 Å². The molecule has 5 nitrogen and oxygen atoms in total. The van der Waals surface area contributed by atoms with Crippen LogP contribution in [0.5, 0.6) is 0 Å². The largest absolute Gasteiger partial charge is 0.333 e. The summed E-state index contributed by atoms with van der Waals surface area (Å²) < 4.78 is 0. The molecule has 5 heteroatoms. The highest BCUT2D eigenvalue weighted by Gasteiger charge is 2.32. The van der Waals surface area contributed by atoms with Crippen molar-refractivity contribution in [3.63, 3.8) is 0 Å². The van der Waals surface area contributed by atoms with Gasteiger partial charge in [0.15, 0.2) is 0 Å². The smallest absolute Gasteiger partial charge is 0.330 e. The molecule has 1 heterocycles. The number of rotatable bonds is 3. The van der Waals surface area contributed by atoms with Crippen molar-refractivity contribution in [3.8, 4) is 0 Å². The molecule has 0 aromatic carbocycles. The number of hydrogen-bond donors (Lipinski definition) is 0. The highest BCUT2D eigenvalue weighted by Crippen LogP contribution is 2.12. The summed E-state index contributed by atoms with van der Waals surface area (Å²) in [5.74, 6) is -1.41. The van der Waals surface area contributed by atoms with Gasteiger partial charge in [0.2, 0.25) is 0 Å². The molecule has 0 unspecified atom stereocenters. The molecule has 15 heavy (non-hydrogen) atoms. The van der Waals surface area contributed by atoms with Crippen LogP contribution in [0.15, 0.2) is 0 Å². The van der Waals surface area contributed by atoms with Crippen LogP contribution in [-0.4, -0.2) is 22.8 Å². The predicted molar refractivity (Wildman–Crippen MR) is 53.4 cm³/mol. The summed E-state index contributed by atoms with van der Waals surface area (Å²) in [4.78, 5) is 37.4. The Morgan fingerprint density at radius 3 is 2.13 bits per heavy atom. The number of hydrogen-bond acceptors (Lipinski definition) is 4. The molecule has 86 valence electrons. The van der Waals surface area contributed by atoms with Gasteiger partial charge in [-0.3, -0.25) is 9.59 Å². The van der Waals surface area contributed by atoms with Gasteiger partial charge in [-0.15, -0.1) is 5.06 Å². The second-order valence-electron chi connectivity index (χ2n) is 2.80. The normalized spacial score (nSPS) is 14.7. The van der Waals surface area contributed by atoms with Gasteiger partial charge in [-0.25, -0.2) is 4.79 Å². The first-order valence-corrected chi connectivity index (χ1v) is 5.21. The highest BCUT2D eigenvalue weighted by molar-refractivity contribution is 6.01. The van der Waals surface area contributed by atoms with Gasteiger partial charge in [0, 0.05) is 19.3 Å². The van der Waals surface area contributed by atoms with Crippen LogP contribution in [-0.2, 0) is 19.2 Å². The first-order valence-electron chi connectivity index (χ1n) is 5.21. The van der Waals surface area contributed by atoms with Crippen molar-refractivity contribution in [1.82, 2.24) is 5.06 Å². The van der Waals surface area contributed by atoms with Crippen LogP contribution in [0.2, 0.25) is 0 Å². The molecule has 1 aliphatic rings. The Labute approximate surface area is 89.3 Å². The molecule has 1 fully saturated rings. The van der Waals surface area contributed by atoms with Gasteiger partial charge in [-0.05, 0) is 6.42 Å². The van der Waals surface area contributed by atoms with Crippen molar-refractivity contribution in [2.45, 2.75) is 46.5 Å². The monoisotopic (exact) mass is 215 g/mol.